The van der Waals surface area contributed by atoms with Crippen LogP contribution in [0.4, 0.5) is 5.69 Å². The normalized spacial score (nSPS) is 12.7. The summed E-state index contributed by atoms with van der Waals surface area (Å²) in [4.78, 5) is 17.3. The quantitative estimate of drug-likeness (QED) is 0.631. The molecule has 4 nitrogen and oxygen atoms in total. The van der Waals surface area contributed by atoms with Gasteiger partial charge >= 0.3 is 0 Å². The second kappa shape index (κ2) is 6.69. The minimum atomic E-state index is -0.0648. The number of benzene rings is 2. The summed E-state index contributed by atoms with van der Waals surface area (Å²) in [6.45, 7) is 4.38. The first-order valence-electron chi connectivity index (χ1n) is 7.66. The van der Waals surface area contributed by atoms with Crippen LogP contribution >= 0.6 is 0 Å². The molecule has 0 saturated carbocycles. The van der Waals surface area contributed by atoms with Gasteiger partial charge in [-0.05, 0) is 25.1 Å². The predicted molar refractivity (Wildman–Crippen MR) is 91.6 cm³/mol. The van der Waals surface area contributed by atoms with Crippen LogP contribution in [0.2, 0.25) is 0 Å². The van der Waals surface area contributed by atoms with Gasteiger partial charge in [0.25, 0.3) is 5.56 Å². The van der Waals surface area contributed by atoms with Crippen LogP contribution < -0.4 is 5.56 Å². The molecule has 2 aromatic carbocycles. The number of fused-ring (bicyclic) bond motifs is 2. The van der Waals surface area contributed by atoms with Gasteiger partial charge in [-0.15, -0.1) is 11.6 Å². The predicted octanol–water partition coefficient (Wildman–Crippen LogP) is 3.14. The maximum Gasteiger partial charge on any atom is 0.275 e. The van der Waals surface area contributed by atoms with Gasteiger partial charge in [-0.2, -0.15) is 22.8 Å². The van der Waals surface area contributed by atoms with E-state index in [9.17, 15) is 4.79 Å². The van der Waals surface area contributed by atoms with Crippen LogP contribution in [-0.2, 0) is 45.7 Å². The molecule has 0 N–H and O–H groups in total. The Hall–Kier alpha value is -1.65. The van der Waals surface area contributed by atoms with E-state index in [0.717, 1.165) is 40.0 Å². The molecule has 24 heavy (non-hydrogen) atoms. The molecule has 3 aromatic rings. The van der Waals surface area contributed by atoms with Crippen molar-refractivity contribution in [3.63, 3.8) is 0 Å². The first kappa shape index (κ1) is 17.2. The zero-order valence-electron chi connectivity index (χ0n) is 13.7. The number of aryl methyl sites for hydroxylation is 2. The summed E-state index contributed by atoms with van der Waals surface area (Å²) < 4.78 is 1.52. The topological polar surface area (TPSA) is 47.2 Å². The van der Waals surface area contributed by atoms with Gasteiger partial charge < -0.3 is 4.99 Å². The fraction of sp³-hybridized carbons (Fsp3) is 0.211. The van der Waals surface area contributed by atoms with Gasteiger partial charge in [-0.3, -0.25) is 4.79 Å². The molecular weight excluding hydrogens is 375 g/mol. The smallest absolute Gasteiger partial charge is 0.275 e. The van der Waals surface area contributed by atoms with Gasteiger partial charge in [0.15, 0.2) is 0 Å². The van der Waals surface area contributed by atoms with E-state index < -0.39 is 0 Å². The number of aromatic nitrogens is 2. The Morgan fingerprint density at radius 1 is 1.21 bits per heavy atom. The van der Waals surface area contributed by atoms with E-state index in [1.54, 1.807) is 0 Å². The molecule has 1 aromatic heterocycles. The molecule has 0 atom stereocenters. The van der Waals surface area contributed by atoms with Crippen LogP contribution in [-0.4, -0.2) is 15.5 Å². The fourth-order valence-corrected chi connectivity index (χ4v) is 3.05. The average Bonchev–Trinajstić information content (AvgIpc) is 2.94. The zero-order chi connectivity index (χ0) is 16.0. The van der Waals surface area contributed by atoms with Gasteiger partial charge in [0.1, 0.15) is 0 Å². The Kier molecular flexibility index (Phi) is 4.79. The summed E-state index contributed by atoms with van der Waals surface area (Å²) in [6, 6.07) is 14.9. The van der Waals surface area contributed by atoms with E-state index in [1.807, 2.05) is 44.2 Å². The van der Waals surface area contributed by atoms with Crippen molar-refractivity contribution < 1.29 is 32.7 Å². The molecule has 0 saturated heterocycles. The molecule has 1 aliphatic heterocycles. The third kappa shape index (κ3) is 3.01. The Morgan fingerprint density at radius 2 is 1.96 bits per heavy atom. The summed E-state index contributed by atoms with van der Waals surface area (Å²) in [5, 5.41) is 6.08. The number of nitrogens with zero attached hydrogens (tertiary/aromatic N) is 3. The monoisotopic (exact) mass is 391 g/mol. The van der Waals surface area contributed by atoms with E-state index in [4.69, 9.17) is 0 Å². The van der Waals surface area contributed by atoms with Crippen LogP contribution in [0.5, 0.6) is 0 Å². The maximum atomic E-state index is 12.6. The summed E-state index contributed by atoms with van der Waals surface area (Å²) in [5.41, 5.74) is 4.95. The van der Waals surface area contributed by atoms with Crippen molar-refractivity contribution in [1.82, 2.24) is 9.78 Å². The molecule has 0 spiro atoms. The van der Waals surface area contributed by atoms with E-state index in [0.29, 0.717) is 11.9 Å². The Balaban J connectivity index is 0.00000169. The molecule has 4 rings (SSSR count). The molecule has 117 valence electrons. The van der Waals surface area contributed by atoms with Crippen LogP contribution in [0.3, 0.4) is 0 Å². The Bertz CT molecular complexity index is 1020. The number of rotatable bonds is 2. The van der Waals surface area contributed by atoms with Crippen LogP contribution in [0, 0.1) is 19.9 Å². The van der Waals surface area contributed by atoms with Crippen molar-refractivity contribution in [2.24, 2.45) is 4.99 Å². The van der Waals surface area contributed by atoms with Crippen molar-refractivity contribution in [1.29, 1.82) is 0 Å². The standard InChI is InChI=1S/C19H16N3O.Y/c1-12-7-8-14-10-15(20-18(14)9-12)11-22-19(23)17-6-4-3-5-16(17)13(2)21-22;/h3-7,9H,10-11H2,1-2H3;/q-1;. The van der Waals surface area contributed by atoms with Gasteiger partial charge in [0.05, 0.1) is 17.6 Å². The van der Waals surface area contributed by atoms with Crippen LogP contribution in [0.1, 0.15) is 16.8 Å². The second-order valence-corrected chi connectivity index (χ2v) is 5.99. The summed E-state index contributed by atoms with van der Waals surface area (Å²) in [5.74, 6) is 0. The number of hydrogen-bond acceptors (Lipinski definition) is 3. The summed E-state index contributed by atoms with van der Waals surface area (Å²) >= 11 is 0. The molecule has 0 unspecified atom stereocenters. The summed E-state index contributed by atoms with van der Waals surface area (Å²) in [6.07, 6.45) is 0.732. The Morgan fingerprint density at radius 3 is 2.75 bits per heavy atom. The zero-order valence-corrected chi connectivity index (χ0v) is 16.5. The van der Waals surface area contributed by atoms with E-state index >= 15 is 0 Å². The van der Waals surface area contributed by atoms with Crippen molar-refractivity contribution in [3.05, 3.63) is 69.6 Å². The van der Waals surface area contributed by atoms with Gasteiger partial charge in [0.2, 0.25) is 0 Å². The molecule has 1 radical (unpaired) electrons. The molecule has 2 heterocycles. The molecule has 0 bridgehead atoms. The van der Waals surface area contributed by atoms with E-state index in [1.165, 1.54) is 4.68 Å². The van der Waals surface area contributed by atoms with Gasteiger partial charge in [-0.1, -0.05) is 25.1 Å². The fourth-order valence-electron chi connectivity index (χ4n) is 3.05. The molecule has 5 heteroatoms. The van der Waals surface area contributed by atoms with Crippen molar-refractivity contribution in [3.8, 4) is 0 Å². The number of hydrogen-bond donors (Lipinski definition) is 0. The first-order chi connectivity index (χ1) is 11.1. The van der Waals surface area contributed by atoms with E-state index in [2.05, 4.69) is 22.2 Å². The molecule has 1 aliphatic rings. The maximum absolute atomic E-state index is 12.6. The molecule has 0 amide bonds. The van der Waals surface area contributed by atoms with Crippen LogP contribution in [0.15, 0.2) is 46.2 Å². The number of aliphatic imine (C=N–C) groups is 1. The second-order valence-electron chi connectivity index (χ2n) is 5.99. The van der Waals surface area contributed by atoms with Crippen molar-refractivity contribution in [2.45, 2.75) is 26.8 Å². The third-order valence-corrected chi connectivity index (χ3v) is 4.19. The van der Waals surface area contributed by atoms with Gasteiger partial charge in [-0.25, -0.2) is 4.68 Å². The molecule has 0 aliphatic carbocycles. The Labute approximate surface area is 165 Å². The van der Waals surface area contributed by atoms with E-state index in [-0.39, 0.29) is 38.3 Å². The largest absolute Gasteiger partial charge is 0.320 e. The molecule has 0 fully saturated rings. The minimum absolute atomic E-state index is 0. The van der Waals surface area contributed by atoms with Crippen molar-refractivity contribution in [2.75, 3.05) is 0 Å². The third-order valence-electron chi connectivity index (χ3n) is 4.19. The molecular formula is C19H16N3OY-. The van der Waals surface area contributed by atoms with Crippen molar-refractivity contribution >= 4 is 22.2 Å². The first-order valence-corrected chi connectivity index (χ1v) is 7.66. The summed E-state index contributed by atoms with van der Waals surface area (Å²) in [7, 11) is 0. The minimum Gasteiger partial charge on any atom is -0.320 e. The SMILES string of the molecule is Cc1c[c-]c2c(c1)N=C(Cn1nc(C)c3ccccc3c1=O)C2.[Y]. The van der Waals surface area contributed by atoms with Crippen LogP contribution in [0.25, 0.3) is 10.8 Å². The average molecular weight is 391 g/mol. The van der Waals surface area contributed by atoms with Gasteiger partial charge in [0, 0.05) is 43.8 Å².